The highest BCUT2D eigenvalue weighted by Crippen LogP contribution is 2.19. The van der Waals surface area contributed by atoms with Gasteiger partial charge in [0.2, 0.25) is 5.44 Å². The van der Waals surface area contributed by atoms with Crippen molar-refractivity contribution in [3.05, 3.63) is 0 Å². The Bertz CT molecular complexity index is 151. The number of thioether (sulfide) groups is 1. The number of aliphatic carboxylic acids is 1. The van der Waals surface area contributed by atoms with Crippen LogP contribution in [0.1, 0.15) is 27.7 Å². The second-order valence-electron chi connectivity index (χ2n) is 3.36. The molecule has 0 saturated heterocycles. The van der Waals surface area contributed by atoms with Crippen LogP contribution in [0.3, 0.4) is 0 Å². The standard InChI is InChI=1S/C8H16O3S/c1-5-12-7(6(9)10)11-8(2,3)4/h7H,5H2,1-4H3,(H,9,10). The Morgan fingerprint density at radius 1 is 1.58 bits per heavy atom. The van der Waals surface area contributed by atoms with Crippen LogP contribution < -0.4 is 0 Å². The van der Waals surface area contributed by atoms with Gasteiger partial charge in [-0.25, -0.2) is 4.79 Å². The molecule has 0 heterocycles. The van der Waals surface area contributed by atoms with Gasteiger partial charge < -0.3 is 9.84 Å². The molecule has 0 aromatic carbocycles. The fourth-order valence-electron chi connectivity index (χ4n) is 0.628. The molecule has 1 N–H and O–H groups in total. The number of ether oxygens (including phenoxy) is 1. The average molecular weight is 192 g/mol. The Morgan fingerprint density at radius 2 is 2.08 bits per heavy atom. The minimum absolute atomic E-state index is 0.398. The quantitative estimate of drug-likeness (QED) is 0.692. The zero-order valence-corrected chi connectivity index (χ0v) is 8.77. The summed E-state index contributed by atoms with van der Waals surface area (Å²) in [6.07, 6.45) is 0. The van der Waals surface area contributed by atoms with Crippen LogP contribution in [-0.2, 0) is 9.53 Å². The monoisotopic (exact) mass is 192 g/mol. The summed E-state index contributed by atoms with van der Waals surface area (Å²) in [6.45, 7) is 7.45. The van der Waals surface area contributed by atoms with Gasteiger partial charge in [-0.3, -0.25) is 0 Å². The molecule has 0 spiro atoms. The van der Waals surface area contributed by atoms with E-state index in [1.165, 1.54) is 11.8 Å². The molecule has 1 atom stereocenters. The first-order valence-corrected chi connectivity index (χ1v) is 4.94. The molecule has 0 rings (SSSR count). The minimum Gasteiger partial charge on any atom is -0.479 e. The zero-order chi connectivity index (χ0) is 9.78. The normalized spacial score (nSPS) is 14.3. The number of hydrogen-bond donors (Lipinski definition) is 1. The number of carboxylic acids is 1. The van der Waals surface area contributed by atoms with Gasteiger partial charge in [0.25, 0.3) is 0 Å². The summed E-state index contributed by atoms with van der Waals surface area (Å²) in [5.41, 5.74) is -1.14. The SMILES string of the molecule is CCSC(OC(C)(C)C)C(=O)O. The van der Waals surface area contributed by atoms with Crippen LogP contribution in [0.4, 0.5) is 0 Å². The molecule has 0 aromatic heterocycles. The Hall–Kier alpha value is -0.220. The lowest BCUT2D eigenvalue weighted by Crippen LogP contribution is -2.31. The van der Waals surface area contributed by atoms with Gasteiger partial charge >= 0.3 is 5.97 Å². The third-order valence-corrected chi connectivity index (χ3v) is 1.91. The summed E-state index contributed by atoms with van der Waals surface area (Å²) in [7, 11) is 0. The van der Waals surface area contributed by atoms with E-state index in [-0.39, 0.29) is 0 Å². The summed E-state index contributed by atoms with van der Waals surface area (Å²) < 4.78 is 5.30. The van der Waals surface area contributed by atoms with Gasteiger partial charge in [-0.05, 0) is 26.5 Å². The molecule has 12 heavy (non-hydrogen) atoms. The van der Waals surface area contributed by atoms with E-state index in [1.807, 2.05) is 27.7 Å². The molecule has 1 unspecified atom stereocenters. The van der Waals surface area contributed by atoms with Crippen molar-refractivity contribution < 1.29 is 14.6 Å². The molecule has 0 fully saturated rings. The minimum atomic E-state index is -0.906. The van der Waals surface area contributed by atoms with Crippen LogP contribution in [0.5, 0.6) is 0 Å². The fraction of sp³-hybridized carbons (Fsp3) is 0.875. The first-order chi connectivity index (χ1) is 5.37. The second-order valence-corrected chi connectivity index (χ2v) is 4.69. The van der Waals surface area contributed by atoms with Crippen LogP contribution in [0.2, 0.25) is 0 Å². The van der Waals surface area contributed by atoms with Crippen molar-refractivity contribution in [2.45, 2.75) is 38.7 Å². The number of carboxylic acid groups (broad SMARTS) is 1. The third-order valence-electron chi connectivity index (χ3n) is 0.980. The van der Waals surface area contributed by atoms with Gasteiger partial charge in [0, 0.05) is 0 Å². The van der Waals surface area contributed by atoms with Crippen LogP contribution in [0.25, 0.3) is 0 Å². The maximum absolute atomic E-state index is 10.6. The molecule has 72 valence electrons. The molecule has 0 amide bonds. The highest BCUT2D eigenvalue weighted by atomic mass is 32.2. The van der Waals surface area contributed by atoms with E-state index in [9.17, 15) is 4.79 Å². The second kappa shape index (κ2) is 4.72. The Morgan fingerprint density at radius 3 is 2.33 bits per heavy atom. The van der Waals surface area contributed by atoms with Crippen molar-refractivity contribution in [1.82, 2.24) is 0 Å². The summed E-state index contributed by atoms with van der Waals surface area (Å²) in [4.78, 5) is 10.6. The molecule has 0 radical (unpaired) electrons. The molecular formula is C8H16O3S. The molecular weight excluding hydrogens is 176 g/mol. The van der Waals surface area contributed by atoms with E-state index in [2.05, 4.69) is 0 Å². The summed E-state index contributed by atoms with van der Waals surface area (Å²) in [5, 5.41) is 8.72. The summed E-state index contributed by atoms with van der Waals surface area (Å²) in [5.74, 6) is -0.163. The lowest BCUT2D eigenvalue weighted by Gasteiger charge is -2.23. The van der Waals surface area contributed by atoms with Crippen LogP contribution in [-0.4, -0.2) is 27.9 Å². The van der Waals surface area contributed by atoms with Crippen LogP contribution >= 0.6 is 11.8 Å². The van der Waals surface area contributed by atoms with Gasteiger partial charge in [-0.2, -0.15) is 0 Å². The van der Waals surface area contributed by atoms with Crippen molar-refractivity contribution in [3.8, 4) is 0 Å². The predicted octanol–water partition coefficient (Wildman–Crippen LogP) is 1.97. The first kappa shape index (κ1) is 11.8. The van der Waals surface area contributed by atoms with Crippen molar-refractivity contribution in [3.63, 3.8) is 0 Å². The van der Waals surface area contributed by atoms with E-state index < -0.39 is 17.0 Å². The van der Waals surface area contributed by atoms with Crippen molar-refractivity contribution in [2.24, 2.45) is 0 Å². The molecule has 0 aromatic rings. The van der Waals surface area contributed by atoms with Crippen molar-refractivity contribution in [1.29, 1.82) is 0 Å². The summed E-state index contributed by atoms with van der Waals surface area (Å²) >= 11 is 1.29. The highest BCUT2D eigenvalue weighted by Gasteiger charge is 2.24. The number of hydrogen-bond acceptors (Lipinski definition) is 3. The van der Waals surface area contributed by atoms with E-state index >= 15 is 0 Å². The fourth-order valence-corrected chi connectivity index (χ4v) is 1.43. The van der Waals surface area contributed by atoms with E-state index in [4.69, 9.17) is 9.84 Å². The molecule has 0 aliphatic heterocycles. The Labute approximate surface area is 77.5 Å². The van der Waals surface area contributed by atoms with Gasteiger partial charge in [-0.1, -0.05) is 6.92 Å². The van der Waals surface area contributed by atoms with Gasteiger partial charge in [0.15, 0.2) is 0 Å². The topological polar surface area (TPSA) is 46.5 Å². The molecule has 4 heteroatoms. The van der Waals surface area contributed by atoms with Gasteiger partial charge in [0.05, 0.1) is 5.60 Å². The maximum atomic E-state index is 10.6. The smallest absolute Gasteiger partial charge is 0.343 e. The Kier molecular flexibility index (Phi) is 4.63. The van der Waals surface area contributed by atoms with E-state index in [0.29, 0.717) is 0 Å². The maximum Gasteiger partial charge on any atom is 0.343 e. The van der Waals surface area contributed by atoms with Crippen LogP contribution in [0, 0.1) is 0 Å². The third kappa shape index (κ3) is 5.43. The summed E-state index contributed by atoms with van der Waals surface area (Å²) in [6, 6.07) is 0. The molecule has 0 bridgehead atoms. The molecule has 0 aliphatic rings. The average Bonchev–Trinajstić information content (AvgIpc) is 1.83. The van der Waals surface area contributed by atoms with Crippen molar-refractivity contribution in [2.75, 3.05) is 5.75 Å². The highest BCUT2D eigenvalue weighted by molar-refractivity contribution is 8.00. The van der Waals surface area contributed by atoms with Gasteiger partial charge in [0.1, 0.15) is 0 Å². The molecule has 3 nitrogen and oxygen atoms in total. The number of carbonyl (C=O) groups is 1. The predicted molar refractivity (Wildman–Crippen MR) is 50.4 cm³/mol. The molecule has 0 saturated carbocycles. The first-order valence-electron chi connectivity index (χ1n) is 3.89. The van der Waals surface area contributed by atoms with Gasteiger partial charge in [-0.15, -0.1) is 11.8 Å². The molecule has 0 aliphatic carbocycles. The van der Waals surface area contributed by atoms with Crippen molar-refractivity contribution >= 4 is 17.7 Å². The lowest BCUT2D eigenvalue weighted by atomic mass is 10.2. The van der Waals surface area contributed by atoms with E-state index in [0.717, 1.165) is 5.75 Å². The lowest BCUT2D eigenvalue weighted by molar-refractivity contribution is -0.150. The van der Waals surface area contributed by atoms with Crippen LogP contribution in [0.15, 0.2) is 0 Å². The Balaban J connectivity index is 4.05. The zero-order valence-electron chi connectivity index (χ0n) is 7.96. The van der Waals surface area contributed by atoms with E-state index in [1.54, 1.807) is 0 Å². The number of rotatable bonds is 4. The largest absolute Gasteiger partial charge is 0.479 e.